The standard InChI is InChI=1S/C14H23N5O2/c1-2-15-14(16-3-4-18-5-9-20-10-6-18)17-13(1)19-7-11-21-12-8-19/h1-2H,3-12H2,(H,15,16,17). The van der Waals surface area contributed by atoms with Crippen LogP contribution in [-0.2, 0) is 9.47 Å². The fourth-order valence-electron chi connectivity index (χ4n) is 2.55. The van der Waals surface area contributed by atoms with Gasteiger partial charge in [0.2, 0.25) is 5.95 Å². The van der Waals surface area contributed by atoms with Gasteiger partial charge in [-0.3, -0.25) is 4.90 Å². The molecule has 3 heterocycles. The Morgan fingerprint density at radius 1 is 1.05 bits per heavy atom. The van der Waals surface area contributed by atoms with Crippen molar-refractivity contribution in [3.63, 3.8) is 0 Å². The number of nitrogens with one attached hydrogen (secondary N) is 1. The highest BCUT2D eigenvalue weighted by Gasteiger charge is 2.13. The van der Waals surface area contributed by atoms with Crippen molar-refractivity contribution in [2.75, 3.05) is 75.9 Å². The summed E-state index contributed by atoms with van der Waals surface area (Å²) in [5.74, 6) is 1.68. The highest BCUT2D eigenvalue weighted by molar-refractivity contribution is 5.42. The van der Waals surface area contributed by atoms with Gasteiger partial charge in [-0.15, -0.1) is 0 Å². The van der Waals surface area contributed by atoms with E-state index >= 15 is 0 Å². The van der Waals surface area contributed by atoms with Gasteiger partial charge in [-0.05, 0) is 6.07 Å². The van der Waals surface area contributed by atoms with Crippen LogP contribution < -0.4 is 10.2 Å². The summed E-state index contributed by atoms with van der Waals surface area (Å²) in [6.07, 6.45) is 1.81. The molecule has 0 radical (unpaired) electrons. The van der Waals surface area contributed by atoms with Crippen LogP contribution in [0.25, 0.3) is 0 Å². The summed E-state index contributed by atoms with van der Waals surface area (Å²) < 4.78 is 10.7. The first-order valence-corrected chi connectivity index (χ1v) is 7.61. The van der Waals surface area contributed by atoms with E-state index in [0.717, 1.165) is 71.5 Å². The van der Waals surface area contributed by atoms with Gasteiger partial charge in [0.1, 0.15) is 5.82 Å². The number of hydrogen-bond acceptors (Lipinski definition) is 7. The Hall–Kier alpha value is -1.44. The summed E-state index contributed by atoms with van der Waals surface area (Å²) in [5, 5.41) is 3.31. The monoisotopic (exact) mass is 293 g/mol. The molecule has 2 aliphatic rings. The molecule has 1 N–H and O–H groups in total. The van der Waals surface area contributed by atoms with Gasteiger partial charge in [-0.1, -0.05) is 0 Å². The Morgan fingerprint density at radius 2 is 1.76 bits per heavy atom. The molecule has 2 aliphatic heterocycles. The van der Waals surface area contributed by atoms with Gasteiger partial charge in [-0.2, -0.15) is 4.98 Å². The van der Waals surface area contributed by atoms with Gasteiger partial charge in [0.25, 0.3) is 0 Å². The molecule has 0 amide bonds. The molecule has 7 nitrogen and oxygen atoms in total. The number of morpholine rings is 2. The van der Waals surface area contributed by atoms with E-state index in [1.807, 2.05) is 12.3 Å². The van der Waals surface area contributed by atoms with Gasteiger partial charge in [0.15, 0.2) is 0 Å². The van der Waals surface area contributed by atoms with Crippen LogP contribution in [0.5, 0.6) is 0 Å². The van der Waals surface area contributed by atoms with Gasteiger partial charge in [0.05, 0.1) is 26.4 Å². The third kappa shape index (κ3) is 4.26. The van der Waals surface area contributed by atoms with E-state index in [4.69, 9.17) is 9.47 Å². The molecule has 0 saturated carbocycles. The highest BCUT2D eigenvalue weighted by atomic mass is 16.5. The van der Waals surface area contributed by atoms with E-state index in [2.05, 4.69) is 25.1 Å². The quantitative estimate of drug-likeness (QED) is 0.823. The summed E-state index contributed by atoms with van der Waals surface area (Å²) in [6, 6.07) is 1.96. The van der Waals surface area contributed by atoms with Crippen molar-refractivity contribution < 1.29 is 9.47 Å². The minimum Gasteiger partial charge on any atom is -0.379 e. The average Bonchev–Trinajstić information content (AvgIpc) is 2.57. The Morgan fingerprint density at radius 3 is 2.52 bits per heavy atom. The van der Waals surface area contributed by atoms with Crippen molar-refractivity contribution in [3.8, 4) is 0 Å². The second-order valence-electron chi connectivity index (χ2n) is 5.22. The molecule has 0 unspecified atom stereocenters. The summed E-state index contributed by atoms with van der Waals surface area (Å²) in [5.41, 5.74) is 0. The maximum atomic E-state index is 5.37. The van der Waals surface area contributed by atoms with Crippen molar-refractivity contribution in [2.24, 2.45) is 0 Å². The predicted octanol–water partition coefficient (Wildman–Crippen LogP) is 0.0573. The number of aromatic nitrogens is 2. The predicted molar refractivity (Wildman–Crippen MR) is 80.8 cm³/mol. The topological polar surface area (TPSA) is 62.8 Å². The third-order valence-corrected chi connectivity index (χ3v) is 3.79. The third-order valence-electron chi connectivity index (χ3n) is 3.79. The largest absolute Gasteiger partial charge is 0.379 e. The summed E-state index contributed by atoms with van der Waals surface area (Å²) in [6.45, 7) is 8.86. The number of anilines is 2. The molecular weight excluding hydrogens is 270 g/mol. The van der Waals surface area contributed by atoms with E-state index in [1.165, 1.54) is 0 Å². The molecule has 2 saturated heterocycles. The van der Waals surface area contributed by atoms with Crippen LogP contribution in [0.4, 0.5) is 11.8 Å². The average molecular weight is 293 g/mol. The second-order valence-corrected chi connectivity index (χ2v) is 5.22. The lowest BCUT2D eigenvalue weighted by molar-refractivity contribution is 0.0398. The van der Waals surface area contributed by atoms with Gasteiger partial charge >= 0.3 is 0 Å². The van der Waals surface area contributed by atoms with Crippen molar-refractivity contribution in [2.45, 2.75) is 0 Å². The molecule has 0 aromatic carbocycles. The zero-order valence-electron chi connectivity index (χ0n) is 12.3. The number of hydrogen-bond donors (Lipinski definition) is 1. The first kappa shape index (κ1) is 14.5. The van der Waals surface area contributed by atoms with Crippen LogP contribution in [0.15, 0.2) is 12.3 Å². The lowest BCUT2D eigenvalue weighted by Crippen LogP contribution is -2.39. The maximum absolute atomic E-state index is 5.37. The van der Waals surface area contributed by atoms with Gasteiger partial charge < -0.3 is 19.7 Å². The van der Waals surface area contributed by atoms with Crippen molar-refractivity contribution in [1.29, 1.82) is 0 Å². The fraction of sp³-hybridized carbons (Fsp3) is 0.714. The Kier molecular flexibility index (Phi) is 5.20. The van der Waals surface area contributed by atoms with Gasteiger partial charge in [0, 0.05) is 45.5 Å². The molecule has 0 atom stereocenters. The lowest BCUT2D eigenvalue weighted by atomic mass is 10.4. The van der Waals surface area contributed by atoms with E-state index in [-0.39, 0.29) is 0 Å². The van der Waals surface area contributed by atoms with Crippen molar-refractivity contribution in [3.05, 3.63) is 12.3 Å². The normalized spacial score (nSPS) is 20.5. The van der Waals surface area contributed by atoms with Crippen LogP contribution in [0, 0.1) is 0 Å². The first-order valence-electron chi connectivity index (χ1n) is 7.61. The number of nitrogens with zero attached hydrogens (tertiary/aromatic N) is 4. The molecule has 116 valence electrons. The molecule has 0 spiro atoms. The minimum atomic E-state index is 0.701. The van der Waals surface area contributed by atoms with Crippen molar-refractivity contribution >= 4 is 11.8 Å². The van der Waals surface area contributed by atoms with Crippen LogP contribution in [0.2, 0.25) is 0 Å². The molecule has 21 heavy (non-hydrogen) atoms. The molecule has 1 aromatic rings. The molecular formula is C14H23N5O2. The van der Waals surface area contributed by atoms with Crippen LogP contribution in [0.1, 0.15) is 0 Å². The Bertz CT molecular complexity index is 433. The Labute approximate surface area is 125 Å². The highest BCUT2D eigenvalue weighted by Crippen LogP contribution is 2.13. The van der Waals surface area contributed by atoms with Crippen LogP contribution >= 0.6 is 0 Å². The van der Waals surface area contributed by atoms with E-state index in [1.54, 1.807) is 0 Å². The number of ether oxygens (including phenoxy) is 2. The smallest absolute Gasteiger partial charge is 0.224 e. The molecule has 3 rings (SSSR count). The van der Waals surface area contributed by atoms with Crippen molar-refractivity contribution in [1.82, 2.24) is 14.9 Å². The molecule has 1 aromatic heterocycles. The zero-order valence-corrected chi connectivity index (χ0v) is 12.3. The zero-order chi connectivity index (χ0) is 14.3. The van der Waals surface area contributed by atoms with E-state index < -0.39 is 0 Å². The van der Waals surface area contributed by atoms with E-state index in [9.17, 15) is 0 Å². The Balaban J connectivity index is 1.48. The molecule has 0 bridgehead atoms. The molecule has 7 heteroatoms. The lowest BCUT2D eigenvalue weighted by Gasteiger charge is -2.28. The minimum absolute atomic E-state index is 0.701. The SMILES string of the molecule is c1cc(N2CCOCC2)nc(NCCN2CCOCC2)n1. The molecule has 2 fully saturated rings. The summed E-state index contributed by atoms with van der Waals surface area (Å²) in [7, 11) is 0. The van der Waals surface area contributed by atoms with Crippen LogP contribution in [-0.4, -0.2) is 80.6 Å². The van der Waals surface area contributed by atoms with E-state index in [0.29, 0.717) is 5.95 Å². The van der Waals surface area contributed by atoms with Crippen LogP contribution in [0.3, 0.4) is 0 Å². The summed E-state index contributed by atoms with van der Waals surface area (Å²) in [4.78, 5) is 13.5. The second kappa shape index (κ2) is 7.53. The summed E-state index contributed by atoms with van der Waals surface area (Å²) >= 11 is 0. The first-order chi connectivity index (χ1) is 10.4. The molecule has 0 aliphatic carbocycles. The fourth-order valence-corrected chi connectivity index (χ4v) is 2.55. The maximum Gasteiger partial charge on any atom is 0.224 e. The number of rotatable bonds is 5. The van der Waals surface area contributed by atoms with Gasteiger partial charge in [-0.25, -0.2) is 4.98 Å².